The zero-order valence-corrected chi connectivity index (χ0v) is 14.2. The molecular weight excluding hydrogens is 292 g/mol. The molecule has 0 saturated heterocycles. The maximum atomic E-state index is 12.6. The fourth-order valence-electron chi connectivity index (χ4n) is 1.78. The number of benzene rings is 1. The van der Waals surface area contributed by atoms with Gasteiger partial charge in [0, 0.05) is 24.5 Å². The quantitative estimate of drug-likeness (QED) is 0.785. The van der Waals surface area contributed by atoms with Gasteiger partial charge in [-0.2, -0.15) is 0 Å². The highest BCUT2D eigenvalue weighted by molar-refractivity contribution is 7.99. The van der Waals surface area contributed by atoms with Crippen molar-refractivity contribution in [2.24, 2.45) is 11.7 Å². The molecule has 0 bridgehead atoms. The van der Waals surface area contributed by atoms with Crippen LogP contribution in [0.2, 0.25) is 0 Å². The lowest BCUT2D eigenvalue weighted by Gasteiger charge is -2.22. The van der Waals surface area contributed by atoms with Crippen LogP contribution in [0.1, 0.15) is 20.3 Å². The van der Waals surface area contributed by atoms with E-state index in [0.29, 0.717) is 23.8 Å². The van der Waals surface area contributed by atoms with E-state index < -0.39 is 10.0 Å². The second-order valence-electron chi connectivity index (χ2n) is 5.17. The summed E-state index contributed by atoms with van der Waals surface area (Å²) in [5.74, 6) is 0.351. The molecule has 0 saturated carbocycles. The Hall–Kier alpha value is -0.560. The highest BCUT2D eigenvalue weighted by Crippen LogP contribution is 2.26. The average molecular weight is 316 g/mol. The van der Waals surface area contributed by atoms with Crippen molar-refractivity contribution < 1.29 is 8.42 Å². The van der Waals surface area contributed by atoms with Crippen molar-refractivity contribution in [2.75, 3.05) is 19.8 Å². The van der Waals surface area contributed by atoms with Crippen LogP contribution in [-0.4, -0.2) is 38.6 Å². The third-order valence-electron chi connectivity index (χ3n) is 3.39. The SMILES string of the molecule is CSc1ccccc1S(=O)(=O)N(C)CCC(N)C(C)C. The monoisotopic (exact) mass is 316 g/mol. The highest BCUT2D eigenvalue weighted by atomic mass is 32.2. The van der Waals surface area contributed by atoms with Crippen LogP contribution in [-0.2, 0) is 10.0 Å². The van der Waals surface area contributed by atoms with Crippen LogP contribution in [0.4, 0.5) is 0 Å². The Balaban J connectivity index is 2.88. The minimum absolute atomic E-state index is 0.0171. The molecule has 20 heavy (non-hydrogen) atoms. The van der Waals surface area contributed by atoms with E-state index in [4.69, 9.17) is 5.73 Å². The Morgan fingerprint density at radius 3 is 2.45 bits per heavy atom. The number of thioether (sulfide) groups is 1. The smallest absolute Gasteiger partial charge is 0.243 e. The molecule has 0 heterocycles. The van der Waals surface area contributed by atoms with Crippen molar-refractivity contribution in [3.8, 4) is 0 Å². The first-order valence-corrected chi connectivity index (χ1v) is 9.32. The Kier molecular flexibility index (Phi) is 6.51. The predicted octanol–water partition coefficient (Wildman–Crippen LogP) is 2.40. The summed E-state index contributed by atoms with van der Waals surface area (Å²) in [6.45, 7) is 4.52. The van der Waals surface area contributed by atoms with Gasteiger partial charge in [-0.1, -0.05) is 26.0 Å². The number of hydrogen-bond acceptors (Lipinski definition) is 4. The van der Waals surface area contributed by atoms with Crippen molar-refractivity contribution in [3.05, 3.63) is 24.3 Å². The largest absolute Gasteiger partial charge is 0.327 e. The van der Waals surface area contributed by atoms with Crippen LogP contribution in [0.15, 0.2) is 34.1 Å². The molecule has 2 N–H and O–H groups in total. The lowest BCUT2D eigenvalue weighted by atomic mass is 10.0. The van der Waals surface area contributed by atoms with Crippen molar-refractivity contribution in [3.63, 3.8) is 0 Å². The Labute approximate surface area is 126 Å². The van der Waals surface area contributed by atoms with Gasteiger partial charge in [-0.05, 0) is 30.7 Å². The van der Waals surface area contributed by atoms with Crippen molar-refractivity contribution >= 4 is 21.8 Å². The van der Waals surface area contributed by atoms with Crippen LogP contribution in [0.3, 0.4) is 0 Å². The molecule has 0 aromatic heterocycles. The maximum Gasteiger partial charge on any atom is 0.243 e. The third-order valence-corrected chi connectivity index (χ3v) is 6.23. The van der Waals surface area contributed by atoms with Crippen LogP contribution in [0.5, 0.6) is 0 Å². The number of nitrogens with zero attached hydrogens (tertiary/aromatic N) is 1. The van der Waals surface area contributed by atoms with Gasteiger partial charge in [-0.3, -0.25) is 0 Å². The van der Waals surface area contributed by atoms with Gasteiger partial charge in [-0.25, -0.2) is 12.7 Å². The summed E-state index contributed by atoms with van der Waals surface area (Å²) < 4.78 is 26.5. The Bertz CT molecular complexity index is 530. The van der Waals surface area contributed by atoms with Gasteiger partial charge in [0.2, 0.25) is 10.0 Å². The predicted molar refractivity (Wildman–Crippen MR) is 85.5 cm³/mol. The van der Waals surface area contributed by atoms with E-state index in [1.807, 2.05) is 32.2 Å². The Morgan fingerprint density at radius 1 is 1.30 bits per heavy atom. The lowest BCUT2D eigenvalue weighted by molar-refractivity contribution is 0.397. The molecule has 0 radical (unpaired) electrons. The Morgan fingerprint density at radius 2 is 1.90 bits per heavy atom. The molecule has 0 aliphatic carbocycles. The summed E-state index contributed by atoms with van der Waals surface area (Å²) in [7, 11) is -1.84. The summed E-state index contributed by atoms with van der Waals surface area (Å²) in [4.78, 5) is 1.14. The van der Waals surface area contributed by atoms with E-state index in [9.17, 15) is 8.42 Å². The zero-order chi connectivity index (χ0) is 15.3. The van der Waals surface area contributed by atoms with Gasteiger partial charge in [0.15, 0.2) is 0 Å². The standard InChI is InChI=1S/C14H24N2O2S2/c1-11(2)12(15)9-10-16(3)20(17,18)14-8-6-5-7-13(14)19-4/h5-8,11-12H,9-10,15H2,1-4H3. The minimum Gasteiger partial charge on any atom is -0.327 e. The molecule has 114 valence electrons. The molecule has 0 spiro atoms. The van der Waals surface area contributed by atoms with Crippen LogP contribution in [0.25, 0.3) is 0 Å². The molecule has 0 aliphatic heterocycles. The van der Waals surface area contributed by atoms with Gasteiger partial charge in [0.05, 0.1) is 4.90 Å². The number of nitrogens with two attached hydrogens (primary N) is 1. The third kappa shape index (κ3) is 4.22. The van der Waals surface area contributed by atoms with E-state index in [-0.39, 0.29) is 6.04 Å². The van der Waals surface area contributed by atoms with Crippen LogP contribution in [0, 0.1) is 5.92 Å². The first-order chi connectivity index (χ1) is 9.30. The van der Waals surface area contributed by atoms with E-state index in [1.165, 1.54) is 16.1 Å². The lowest BCUT2D eigenvalue weighted by Crippen LogP contribution is -2.34. The molecule has 1 atom stereocenters. The van der Waals surface area contributed by atoms with Crippen LogP contribution >= 0.6 is 11.8 Å². The molecule has 1 aromatic rings. The number of sulfonamides is 1. The average Bonchev–Trinajstić information content (AvgIpc) is 2.43. The van der Waals surface area contributed by atoms with Crippen molar-refractivity contribution in [2.45, 2.75) is 36.1 Å². The summed E-state index contributed by atoms with van der Waals surface area (Å²) in [5, 5.41) is 0. The second kappa shape index (κ2) is 7.45. The summed E-state index contributed by atoms with van der Waals surface area (Å²) in [6.07, 6.45) is 2.54. The number of hydrogen-bond donors (Lipinski definition) is 1. The fourth-order valence-corrected chi connectivity index (χ4v) is 4.09. The van der Waals surface area contributed by atoms with Crippen molar-refractivity contribution in [1.29, 1.82) is 0 Å². The molecule has 1 unspecified atom stereocenters. The first kappa shape index (κ1) is 17.5. The molecule has 0 aliphatic rings. The topological polar surface area (TPSA) is 63.4 Å². The van der Waals surface area contributed by atoms with E-state index in [1.54, 1.807) is 19.2 Å². The second-order valence-corrected chi connectivity index (χ2v) is 8.04. The van der Waals surface area contributed by atoms with E-state index >= 15 is 0 Å². The molecular formula is C14H24N2O2S2. The van der Waals surface area contributed by atoms with Gasteiger partial charge in [-0.15, -0.1) is 11.8 Å². The summed E-state index contributed by atoms with van der Waals surface area (Å²) in [5.41, 5.74) is 5.98. The summed E-state index contributed by atoms with van der Waals surface area (Å²) in [6, 6.07) is 7.09. The van der Waals surface area contributed by atoms with Crippen molar-refractivity contribution in [1.82, 2.24) is 4.31 Å². The normalized spacial score (nSPS) is 13.9. The van der Waals surface area contributed by atoms with Gasteiger partial charge in [0.1, 0.15) is 0 Å². The molecule has 1 rings (SSSR count). The fraction of sp³-hybridized carbons (Fsp3) is 0.571. The van der Waals surface area contributed by atoms with Gasteiger partial charge >= 0.3 is 0 Å². The van der Waals surface area contributed by atoms with Crippen LogP contribution < -0.4 is 5.73 Å². The maximum absolute atomic E-state index is 12.6. The molecule has 6 heteroatoms. The molecule has 1 aromatic carbocycles. The molecule has 0 fully saturated rings. The number of rotatable bonds is 7. The highest BCUT2D eigenvalue weighted by Gasteiger charge is 2.24. The minimum atomic E-state index is -3.45. The zero-order valence-electron chi connectivity index (χ0n) is 12.5. The van der Waals surface area contributed by atoms with Gasteiger partial charge < -0.3 is 5.73 Å². The summed E-state index contributed by atoms with van der Waals surface area (Å²) >= 11 is 1.44. The van der Waals surface area contributed by atoms with Gasteiger partial charge in [0.25, 0.3) is 0 Å². The van der Waals surface area contributed by atoms with E-state index in [0.717, 1.165) is 4.90 Å². The first-order valence-electron chi connectivity index (χ1n) is 6.65. The molecule has 0 amide bonds. The molecule has 4 nitrogen and oxygen atoms in total. The van der Waals surface area contributed by atoms with E-state index in [2.05, 4.69) is 0 Å².